The number of para-hydroxylation sites is 1. The van der Waals surface area contributed by atoms with Crippen LogP contribution in [0.4, 0.5) is 4.39 Å². The van der Waals surface area contributed by atoms with Crippen molar-refractivity contribution in [2.24, 2.45) is 0 Å². The Labute approximate surface area is 104 Å². The number of ether oxygens (including phenoxy) is 1. The van der Waals surface area contributed by atoms with E-state index in [0.29, 0.717) is 16.9 Å². The first kappa shape index (κ1) is 12.3. The molecular weight excluding hydrogens is 239 g/mol. The third kappa shape index (κ3) is 2.12. The molecule has 0 spiro atoms. The highest BCUT2D eigenvalue weighted by atomic mass is 32.1. The van der Waals surface area contributed by atoms with Crippen molar-refractivity contribution in [2.45, 2.75) is 19.4 Å². The standard InChI is InChI=1S/C12H15FN2OS/c1-3-8(7-16-2)15-11-9(13)5-4-6-10(11)14-12(15)17/h4-6,8H,3,7H2,1-2H3,(H,14,17). The summed E-state index contributed by atoms with van der Waals surface area (Å²) in [5.41, 5.74) is 1.26. The molecular formula is C12H15FN2OS. The maximum Gasteiger partial charge on any atom is 0.178 e. The first-order valence-electron chi connectivity index (χ1n) is 5.56. The van der Waals surface area contributed by atoms with Crippen molar-refractivity contribution in [3.8, 4) is 0 Å². The lowest BCUT2D eigenvalue weighted by Crippen LogP contribution is -2.14. The first-order chi connectivity index (χ1) is 8.19. The minimum atomic E-state index is -0.260. The fourth-order valence-electron chi connectivity index (χ4n) is 2.05. The Kier molecular flexibility index (Phi) is 3.59. The van der Waals surface area contributed by atoms with Crippen LogP contribution in [0.25, 0.3) is 11.0 Å². The number of halogens is 1. The monoisotopic (exact) mass is 254 g/mol. The van der Waals surface area contributed by atoms with Crippen LogP contribution in [-0.4, -0.2) is 23.3 Å². The fourth-order valence-corrected chi connectivity index (χ4v) is 2.40. The van der Waals surface area contributed by atoms with Gasteiger partial charge in [0.25, 0.3) is 0 Å². The van der Waals surface area contributed by atoms with Crippen molar-refractivity contribution >= 4 is 23.3 Å². The number of benzene rings is 1. The molecule has 17 heavy (non-hydrogen) atoms. The summed E-state index contributed by atoms with van der Waals surface area (Å²) >= 11 is 5.25. The van der Waals surface area contributed by atoms with Gasteiger partial charge in [-0.2, -0.15) is 0 Å². The third-order valence-corrected chi connectivity index (χ3v) is 3.18. The second-order valence-corrected chi connectivity index (χ2v) is 4.34. The lowest BCUT2D eigenvalue weighted by Gasteiger charge is -2.16. The summed E-state index contributed by atoms with van der Waals surface area (Å²) in [6.07, 6.45) is 0.837. The van der Waals surface area contributed by atoms with Crippen LogP contribution in [0.3, 0.4) is 0 Å². The van der Waals surface area contributed by atoms with Crippen LogP contribution in [0.5, 0.6) is 0 Å². The molecule has 0 fully saturated rings. The Hall–Kier alpha value is -1.20. The minimum Gasteiger partial charge on any atom is -0.383 e. The van der Waals surface area contributed by atoms with Crippen LogP contribution in [0.15, 0.2) is 18.2 Å². The quantitative estimate of drug-likeness (QED) is 0.847. The molecule has 1 unspecified atom stereocenters. The highest BCUT2D eigenvalue weighted by Crippen LogP contribution is 2.23. The highest BCUT2D eigenvalue weighted by Gasteiger charge is 2.16. The number of rotatable bonds is 4. The molecule has 92 valence electrons. The molecule has 0 aliphatic heterocycles. The zero-order valence-electron chi connectivity index (χ0n) is 9.87. The minimum absolute atomic E-state index is 0.0538. The van der Waals surface area contributed by atoms with Gasteiger partial charge in [-0.15, -0.1) is 0 Å². The molecule has 1 aromatic carbocycles. The van der Waals surface area contributed by atoms with Crippen LogP contribution in [0, 0.1) is 10.6 Å². The predicted octanol–water partition coefficient (Wildman–Crippen LogP) is 3.44. The predicted molar refractivity (Wildman–Crippen MR) is 68.3 cm³/mol. The van der Waals surface area contributed by atoms with Crippen LogP contribution < -0.4 is 0 Å². The van der Waals surface area contributed by atoms with Crippen LogP contribution >= 0.6 is 12.2 Å². The normalized spacial score (nSPS) is 13.1. The number of hydrogen-bond acceptors (Lipinski definition) is 2. The van der Waals surface area contributed by atoms with E-state index in [4.69, 9.17) is 17.0 Å². The number of hydrogen-bond donors (Lipinski definition) is 1. The van der Waals surface area contributed by atoms with E-state index in [1.807, 2.05) is 17.6 Å². The summed E-state index contributed by atoms with van der Waals surface area (Å²) in [6, 6.07) is 4.99. The summed E-state index contributed by atoms with van der Waals surface area (Å²) in [4.78, 5) is 3.02. The molecule has 0 aliphatic carbocycles. The van der Waals surface area contributed by atoms with Crippen molar-refractivity contribution in [3.63, 3.8) is 0 Å². The molecule has 1 N–H and O–H groups in total. The first-order valence-corrected chi connectivity index (χ1v) is 5.97. The smallest absolute Gasteiger partial charge is 0.178 e. The van der Waals surface area contributed by atoms with Gasteiger partial charge in [-0.3, -0.25) is 0 Å². The van der Waals surface area contributed by atoms with Gasteiger partial charge in [0, 0.05) is 7.11 Å². The number of aromatic amines is 1. The molecule has 0 amide bonds. The Morgan fingerprint density at radius 1 is 1.53 bits per heavy atom. The van der Waals surface area contributed by atoms with Gasteiger partial charge in [0.2, 0.25) is 0 Å². The van der Waals surface area contributed by atoms with Crippen molar-refractivity contribution in [1.82, 2.24) is 9.55 Å². The topological polar surface area (TPSA) is 29.9 Å². The van der Waals surface area contributed by atoms with E-state index in [-0.39, 0.29) is 11.9 Å². The van der Waals surface area contributed by atoms with Crippen LogP contribution in [0.1, 0.15) is 19.4 Å². The van der Waals surface area contributed by atoms with Crippen molar-refractivity contribution in [3.05, 3.63) is 28.8 Å². The molecule has 1 atom stereocenters. The number of H-pyrrole nitrogens is 1. The second kappa shape index (κ2) is 4.98. The van der Waals surface area contributed by atoms with Crippen LogP contribution in [-0.2, 0) is 4.74 Å². The SMILES string of the molecule is CCC(COC)n1c(=S)[nH]c2cccc(F)c21. The summed E-state index contributed by atoms with van der Waals surface area (Å²) in [7, 11) is 1.64. The maximum absolute atomic E-state index is 13.9. The van der Waals surface area contributed by atoms with Gasteiger partial charge in [0.1, 0.15) is 11.3 Å². The van der Waals surface area contributed by atoms with E-state index >= 15 is 0 Å². The number of nitrogens with zero attached hydrogens (tertiary/aromatic N) is 1. The molecule has 0 bridgehead atoms. The highest BCUT2D eigenvalue weighted by molar-refractivity contribution is 7.71. The number of methoxy groups -OCH3 is 1. The Morgan fingerprint density at radius 2 is 2.29 bits per heavy atom. The molecule has 0 radical (unpaired) electrons. The molecule has 5 heteroatoms. The van der Waals surface area contributed by atoms with Gasteiger partial charge in [0.05, 0.1) is 18.2 Å². The van der Waals surface area contributed by atoms with E-state index in [0.717, 1.165) is 11.9 Å². The third-order valence-electron chi connectivity index (χ3n) is 2.88. The van der Waals surface area contributed by atoms with Gasteiger partial charge in [-0.1, -0.05) is 13.0 Å². The molecule has 2 rings (SSSR count). The Bertz CT molecular complexity index is 575. The fraction of sp³-hybridized carbons (Fsp3) is 0.417. The molecule has 2 aromatic rings. The summed E-state index contributed by atoms with van der Waals surface area (Å²) in [5.74, 6) is -0.260. The molecule has 0 saturated heterocycles. The van der Waals surface area contributed by atoms with Gasteiger partial charge < -0.3 is 14.3 Å². The molecule has 0 saturated carbocycles. The molecule has 3 nitrogen and oxygen atoms in total. The van der Waals surface area contributed by atoms with E-state index in [2.05, 4.69) is 4.98 Å². The lowest BCUT2D eigenvalue weighted by molar-refractivity contribution is 0.154. The van der Waals surface area contributed by atoms with E-state index in [1.165, 1.54) is 6.07 Å². The molecule has 1 heterocycles. The van der Waals surface area contributed by atoms with E-state index in [1.54, 1.807) is 13.2 Å². The zero-order chi connectivity index (χ0) is 12.4. The van der Waals surface area contributed by atoms with E-state index < -0.39 is 0 Å². The Morgan fingerprint density at radius 3 is 2.94 bits per heavy atom. The van der Waals surface area contributed by atoms with Gasteiger partial charge >= 0.3 is 0 Å². The number of nitrogens with one attached hydrogen (secondary N) is 1. The zero-order valence-corrected chi connectivity index (χ0v) is 10.7. The van der Waals surface area contributed by atoms with Gasteiger partial charge in [-0.25, -0.2) is 4.39 Å². The van der Waals surface area contributed by atoms with Crippen LogP contribution in [0.2, 0.25) is 0 Å². The summed E-state index contributed by atoms with van der Waals surface area (Å²) < 4.78 is 21.4. The number of fused-ring (bicyclic) bond motifs is 1. The van der Waals surface area contributed by atoms with Crippen molar-refractivity contribution in [2.75, 3.05) is 13.7 Å². The largest absolute Gasteiger partial charge is 0.383 e. The lowest BCUT2D eigenvalue weighted by atomic mass is 10.2. The van der Waals surface area contributed by atoms with Crippen molar-refractivity contribution in [1.29, 1.82) is 0 Å². The average Bonchev–Trinajstić information content (AvgIpc) is 2.64. The molecule has 0 aliphatic rings. The summed E-state index contributed by atoms with van der Waals surface area (Å²) in [6.45, 7) is 2.55. The maximum atomic E-state index is 13.9. The van der Waals surface area contributed by atoms with Gasteiger partial charge in [0.15, 0.2) is 4.77 Å². The second-order valence-electron chi connectivity index (χ2n) is 3.95. The van der Waals surface area contributed by atoms with E-state index in [9.17, 15) is 4.39 Å². The average molecular weight is 254 g/mol. The molecule has 1 aromatic heterocycles. The van der Waals surface area contributed by atoms with Gasteiger partial charge in [-0.05, 0) is 30.8 Å². The number of imidazole rings is 1. The Balaban J connectivity index is 2.67. The van der Waals surface area contributed by atoms with Crippen molar-refractivity contribution < 1.29 is 9.13 Å². The summed E-state index contributed by atoms with van der Waals surface area (Å²) in [5, 5.41) is 0. The number of aromatic nitrogens is 2.